The summed E-state index contributed by atoms with van der Waals surface area (Å²) in [7, 11) is -6.13. The predicted molar refractivity (Wildman–Crippen MR) is 112 cm³/mol. The lowest BCUT2D eigenvalue weighted by Crippen LogP contribution is -2.46. The van der Waals surface area contributed by atoms with Gasteiger partial charge in [-0.05, 0) is 56.1 Å². The van der Waals surface area contributed by atoms with Crippen molar-refractivity contribution in [1.29, 1.82) is 0 Å². The molecule has 9 heteroatoms. The first-order valence-corrected chi connectivity index (χ1v) is 12.6. The van der Waals surface area contributed by atoms with Crippen LogP contribution in [-0.2, 0) is 26.5 Å². The molecule has 156 valence electrons. The van der Waals surface area contributed by atoms with Gasteiger partial charge in [0.05, 0.1) is 9.79 Å². The lowest BCUT2D eigenvalue weighted by atomic mass is 10.0. The van der Waals surface area contributed by atoms with E-state index in [2.05, 4.69) is 27.8 Å². The molecule has 0 bridgehead atoms. The average molecular weight is 436 g/mol. The van der Waals surface area contributed by atoms with E-state index in [-0.39, 0.29) is 9.79 Å². The van der Waals surface area contributed by atoms with Crippen molar-refractivity contribution in [3.63, 3.8) is 0 Å². The Labute approximate surface area is 172 Å². The van der Waals surface area contributed by atoms with Crippen molar-refractivity contribution >= 4 is 25.7 Å². The first-order chi connectivity index (χ1) is 13.8. The van der Waals surface area contributed by atoms with Crippen molar-refractivity contribution in [3.8, 4) is 0 Å². The van der Waals surface area contributed by atoms with Gasteiger partial charge in [0.15, 0.2) is 0 Å². The molecule has 2 aliphatic heterocycles. The summed E-state index contributed by atoms with van der Waals surface area (Å²) in [5.41, 5.74) is 2.61. The van der Waals surface area contributed by atoms with E-state index in [1.165, 1.54) is 46.9 Å². The van der Waals surface area contributed by atoms with E-state index in [0.717, 1.165) is 25.8 Å². The molecule has 0 radical (unpaired) electrons. The number of hydrogen-bond acceptors (Lipinski definition) is 5. The van der Waals surface area contributed by atoms with E-state index in [1.807, 2.05) is 6.07 Å². The number of nitrogens with zero attached hydrogens (tertiary/aromatic N) is 2. The maximum atomic E-state index is 13.1. The SMILES string of the molecule is CNS(=O)(=O)c1cccc(S(=O)(=O)N2CCC(N3CCc4ccccc43)CC2)c1. The van der Waals surface area contributed by atoms with Crippen LogP contribution in [0, 0.1) is 0 Å². The van der Waals surface area contributed by atoms with Crippen LogP contribution >= 0.6 is 0 Å². The van der Waals surface area contributed by atoms with Gasteiger partial charge in [-0.3, -0.25) is 0 Å². The zero-order chi connectivity index (χ0) is 20.6. The van der Waals surface area contributed by atoms with Crippen molar-refractivity contribution in [3.05, 3.63) is 54.1 Å². The molecule has 2 aromatic carbocycles. The van der Waals surface area contributed by atoms with Crippen LogP contribution in [0.2, 0.25) is 0 Å². The molecule has 0 spiro atoms. The van der Waals surface area contributed by atoms with Gasteiger partial charge in [-0.2, -0.15) is 4.31 Å². The number of benzene rings is 2. The highest BCUT2D eigenvalue weighted by Crippen LogP contribution is 2.33. The van der Waals surface area contributed by atoms with Crippen LogP contribution < -0.4 is 9.62 Å². The zero-order valence-electron chi connectivity index (χ0n) is 16.3. The Balaban J connectivity index is 1.49. The van der Waals surface area contributed by atoms with E-state index in [9.17, 15) is 16.8 Å². The van der Waals surface area contributed by atoms with Crippen LogP contribution in [0.3, 0.4) is 0 Å². The second-order valence-corrected chi connectivity index (χ2v) is 11.2. The van der Waals surface area contributed by atoms with Crippen molar-refractivity contribution < 1.29 is 16.8 Å². The summed E-state index contributed by atoms with van der Waals surface area (Å²) >= 11 is 0. The summed E-state index contributed by atoms with van der Waals surface area (Å²) in [6.07, 6.45) is 2.53. The van der Waals surface area contributed by atoms with Gasteiger partial charge in [0.2, 0.25) is 20.0 Å². The fraction of sp³-hybridized carbons (Fsp3) is 0.400. The quantitative estimate of drug-likeness (QED) is 0.774. The average Bonchev–Trinajstić information content (AvgIpc) is 3.18. The van der Waals surface area contributed by atoms with Crippen LogP contribution in [0.1, 0.15) is 18.4 Å². The number of piperidine rings is 1. The Morgan fingerprint density at radius 2 is 1.59 bits per heavy atom. The highest BCUT2D eigenvalue weighted by atomic mass is 32.2. The van der Waals surface area contributed by atoms with Crippen LogP contribution in [-0.4, -0.2) is 53.9 Å². The maximum absolute atomic E-state index is 13.1. The minimum absolute atomic E-state index is 0.0128. The smallest absolute Gasteiger partial charge is 0.243 e. The Morgan fingerprint density at radius 3 is 2.31 bits per heavy atom. The normalized spacial score (nSPS) is 18.7. The third-order valence-corrected chi connectivity index (χ3v) is 9.12. The number of anilines is 1. The van der Waals surface area contributed by atoms with E-state index in [0.29, 0.717) is 19.1 Å². The fourth-order valence-electron chi connectivity index (χ4n) is 4.21. The highest BCUT2D eigenvalue weighted by Gasteiger charge is 2.34. The van der Waals surface area contributed by atoms with Crippen LogP contribution in [0.15, 0.2) is 58.3 Å². The highest BCUT2D eigenvalue weighted by molar-refractivity contribution is 7.90. The van der Waals surface area contributed by atoms with Crippen molar-refractivity contribution in [2.45, 2.75) is 35.1 Å². The number of nitrogens with one attached hydrogen (secondary N) is 1. The number of fused-ring (bicyclic) bond motifs is 1. The second kappa shape index (κ2) is 7.71. The first kappa shape index (κ1) is 20.3. The lowest BCUT2D eigenvalue weighted by Gasteiger charge is -2.37. The van der Waals surface area contributed by atoms with Crippen LogP contribution in [0.5, 0.6) is 0 Å². The number of sulfonamides is 2. The van der Waals surface area contributed by atoms with Gasteiger partial charge in [0, 0.05) is 31.4 Å². The molecule has 2 heterocycles. The number of hydrogen-bond donors (Lipinski definition) is 1. The van der Waals surface area contributed by atoms with Crippen LogP contribution in [0.4, 0.5) is 5.69 Å². The number of rotatable bonds is 5. The third-order valence-electron chi connectivity index (χ3n) is 5.81. The van der Waals surface area contributed by atoms with Gasteiger partial charge in [-0.15, -0.1) is 0 Å². The van der Waals surface area contributed by atoms with Gasteiger partial charge in [0.1, 0.15) is 0 Å². The molecule has 7 nitrogen and oxygen atoms in total. The molecule has 29 heavy (non-hydrogen) atoms. The monoisotopic (exact) mass is 435 g/mol. The van der Waals surface area contributed by atoms with Gasteiger partial charge in [-0.25, -0.2) is 21.6 Å². The zero-order valence-corrected chi connectivity index (χ0v) is 17.9. The Bertz CT molecular complexity index is 1110. The molecule has 4 rings (SSSR count). The largest absolute Gasteiger partial charge is 0.368 e. The summed E-state index contributed by atoms with van der Waals surface area (Å²) in [4.78, 5) is 2.36. The molecule has 0 saturated carbocycles. The summed E-state index contributed by atoms with van der Waals surface area (Å²) < 4.78 is 53.9. The molecule has 1 fully saturated rings. The van der Waals surface area contributed by atoms with E-state index in [4.69, 9.17) is 0 Å². The Hall–Kier alpha value is -1.94. The Morgan fingerprint density at radius 1 is 0.897 bits per heavy atom. The summed E-state index contributed by atoms with van der Waals surface area (Å²) in [6, 6.07) is 14.2. The minimum atomic E-state index is -3.74. The number of para-hydroxylation sites is 1. The van der Waals surface area contributed by atoms with Gasteiger partial charge >= 0.3 is 0 Å². The molecular formula is C20H25N3O4S2. The molecule has 0 aliphatic carbocycles. The standard InChI is InChI=1S/C20H25N3O4S2/c1-21-28(24,25)18-6-4-7-19(15-18)29(26,27)22-12-10-17(11-13-22)23-14-9-16-5-2-3-8-20(16)23/h2-8,15,17,21H,9-14H2,1H3. The van der Waals surface area contributed by atoms with E-state index >= 15 is 0 Å². The topological polar surface area (TPSA) is 86.8 Å². The predicted octanol–water partition coefficient (Wildman–Crippen LogP) is 1.81. The second-order valence-electron chi connectivity index (χ2n) is 7.39. The van der Waals surface area contributed by atoms with Crippen molar-refractivity contribution in [2.75, 3.05) is 31.6 Å². The molecule has 1 saturated heterocycles. The van der Waals surface area contributed by atoms with Gasteiger partial charge in [-0.1, -0.05) is 24.3 Å². The maximum Gasteiger partial charge on any atom is 0.243 e. The molecular weight excluding hydrogens is 410 g/mol. The molecule has 0 amide bonds. The summed E-state index contributed by atoms with van der Waals surface area (Å²) in [5, 5.41) is 0. The minimum Gasteiger partial charge on any atom is -0.368 e. The summed E-state index contributed by atoms with van der Waals surface area (Å²) in [6.45, 7) is 1.82. The first-order valence-electron chi connectivity index (χ1n) is 9.71. The van der Waals surface area contributed by atoms with Gasteiger partial charge in [0.25, 0.3) is 0 Å². The Kier molecular flexibility index (Phi) is 5.41. The molecule has 0 aromatic heterocycles. The molecule has 1 N–H and O–H groups in total. The molecule has 2 aromatic rings. The molecule has 2 aliphatic rings. The molecule has 0 atom stereocenters. The van der Waals surface area contributed by atoms with Gasteiger partial charge < -0.3 is 4.90 Å². The van der Waals surface area contributed by atoms with Crippen LogP contribution in [0.25, 0.3) is 0 Å². The van der Waals surface area contributed by atoms with E-state index < -0.39 is 20.0 Å². The summed E-state index contributed by atoms with van der Waals surface area (Å²) in [5.74, 6) is 0. The third kappa shape index (κ3) is 3.79. The van der Waals surface area contributed by atoms with E-state index in [1.54, 1.807) is 0 Å². The lowest BCUT2D eigenvalue weighted by molar-refractivity contribution is 0.312. The fourth-order valence-corrected chi connectivity index (χ4v) is 6.57. The van der Waals surface area contributed by atoms with Crippen molar-refractivity contribution in [1.82, 2.24) is 9.03 Å². The van der Waals surface area contributed by atoms with Crippen molar-refractivity contribution in [2.24, 2.45) is 0 Å². The molecule has 0 unspecified atom stereocenters.